The molecule has 1 aromatic rings. The maximum Gasteiger partial charge on any atom is 0.171 e. The molecule has 0 bridgehead atoms. The predicted octanol–water partition coefficient (Wildman–Crippen LogP) is 1.65. The van der Waals surface area contributed by atoms with Crippen molar-refractivity contribution in [1.82, 2.24) is 4.98 Å². The van der Waals surface area contributed by atoms with Gasteiger partial charge in [0.2, 0.25) is 0 Å². The zero-order valence-corrected chi connectivity index (χ0v) is 10.6. The van der Waals surface area contributed by atoms with E-state index in [0.717, 1.165) is 37.5 Å². The van der Waals surface area contributed by atoms with Crippen LogP contribution < -0.4 is 15.4 Å². The molecule has 0 spiro atoms. The molecular weight excluding hydrogens is 214 g/mol. The molecule has 1 aliphatic heterocycles. The van der Waals surface area contributed by atoms with Crippen molar-refractivity contribution in [2.24, 2.45) is 11.7 Å². The van der Waals surface area contributed by atoms with Crippen LogP contribution in [-0.4, -0.2) is 31.2 Å². The Balaban J connectivity index is 2.05. The molecule has 17 heavy (non-hydrogen) atoms. The second-order valence-corrected chi connectivity index (χ2v) is 4.71. The molecule has 0 amide bonds. The highest BCUT2D eigenvalue weighted by Gasteiger charge is 2.24. The van der Waals surface area contributed by atoms with Gasteiger partial charge in [0, 0.05) is 25.3 Å². The third kappa shape index (κ3) is 2.69. The van der Waals surface area contributed by atoms with Crippen molar-refractivity contribution in [3.8, 4) is 5.75 Å². The van der Waals surface area contributed by atoms with Gasteiger partial charge in [-0.25, -0.2) is 4.98 Å². The van der Waals surface area contributed by atoms with Crippen molar-refractivity contribution in [2.75, 3.05) is 25.1 Å². The summed E-state index contributed by atoms with van der Waals surface area (Å²) in [7, 11) is 1.69. The molecule has 2 N–H and O–H groups in total. The second kappa shape index (κ2) is 5.36. The lowest BCUT2D eigenvalue weighted by Crippen LogP contribution is -2.40. The number of rotatable bonds is 3. The van der Waals surface area contributed by atoms with Crippen LogP contribution in [0.15, 0.2) is 18.3 Å². The number of hydrogen-bond donors (Lipinski definition) is 1. The van der Waals surface area contributed by atoms with E-state index >= 15 is 0 Å². The SMILES string of the molecule is COc1cccnc1N1CCC(C(C)N)CC1. The van der Waals surface area contributed by atoms with Crippen LogP contribution in [0.25, 0.3) is 0 Å². The first-order chi connectivity index (χ1) is 8.22. The summed E-state index contributed by atoms with van der Waals surface area (Å²) in [6.07, 6.45) is 4.09. The van der Waals surface area contributed by atoms with Gasteiger partial charge < -0.3 is 15.4 Å². The Labute approximate surface area is 103 Å². The van der Waals surface area contributed by atoms with Crippen molar-refractivity contribution in [1.29, 1.82) is 0 Å². The number of hydrogen-bond acceptors (Lipinski definition) is 4. The van der Waals surface area contributed by atoms with Crippen LogP contribution in [0, 0.1) is 5.92 Å². The van der Waals surface area contributed by atoms with Crippen LogP contribution in [0.2, 0.25) is 0 Å². The summed E-state index contributed by atoms with van der Waals surface area (Å²) >= 11 is 0. The van der Waals surface area contributed by atoms with Crippen LogP contribution in [-0.2, 0) is 0 Å². The number of nitrogens with two attached hydrogens (primary N) is 1. The molecule has 94 valence electrons. The largest absolute Gasteiger partial charge is 0.493 e. The number of anilines is 1. The molecule has 2 heterocycles. The van der Waals surface area contributed by atoms with Gasteiger partial charge in [0.15, 0.2) is 11.6 Å². The van der Waals surface area contributed by atoms with E-state index in [9.17, 15) is 0 Å². The van der Waals surface area contributed by atoms with Crippen LogP contribution in [0.1, 0.15) is 19.8 Å². The Morgan fingerprint density at radius 3 is 2.76 bits per heavy atom. The third-order valence-corrected chi connectivity index (χ3v) is 3.55. The topological polar surface area (TPSA) is 51.4 Å². The van der Waals surface area contributed by atoms with Crippen LogP contribution >= 0.6 is 0 Å². The predicted molar refractivity (Wildman–Crippen MR) is 69.4 cm³/mol. The van der Waals surface area contributed by atoms with Crippen molar-refractivity contribution in [2.45, 2.75) is 25.8 Å². The van der Waals surface area contributed by atoms with Gasteiger partial charge >= 0.3 is 0 Å². The van der Waals surface area contributed by atoms with Gasteiger partial charge in [-0.15, -0.1) is 0 Å². The first-order valence-electron chi connectivity index (χ1n) is 6.22. The van der Waals surface area contributed by atoms with E-state index in [2.05, 4.69) is 16.8 Å². The summed E-state index contributed by atoms with van der Waals surface area (Å²) in [6, 6.07) is 4.15. The zero-order valence-electron chi connectivity index (χ0n) is 10.6. The minimum atomic E-state index is 0.294. The molecule has 0 aliphatic carbocycles. The molecule has 1 fully saturated rings. The van der Waals surface area contributed by atoms with E-state index in [1.54, 1.807) is 7.11 Å². The van der Waals surface area contributed by atoms with Gasteiger partial charge in [0.05, 0.1) is 7.11 Å². The minimum absolute atomic E-state index is 0.294. The average Bonchev–Trinajstić information content (AvgIpc) is 2.39. The fourth-order valence-corrected chi connectivity index (χ4v) is 2.42. The fourth-order valence-electron chi connectivity index (χ4n) is 2.42. The summed E-state index contributed by atoms with van der Waals surface area (Å²) in [5.74, 6) is 2.45. The molecule has 1 unspecified atom stereocenters. The Bertz CT molecular complexity index is 359. The number of nitrogens with zero attached hydrogens (tertiary/aromatic N) is 2. The van der Waals surface area contributed by atoms with Gasteiger partial charge in [-0.3, -0.25) is 0 Å². The number of ether oxygens (including phenoxy) is 1. The molecule has 0 aromatic carbocycles. The van der Waals surface area contributed by atoms with Crippen molar-refractivity contribution in [3.05, 3.63) is 18.3 Å². The smallest absolute Gasteiger partial charge is 0.171 e. The highest BCUT2D eigenvalue weighted by molar-refractivity contribution is 5.52. The molecule has 1 atom stereocenters. The van der Waals surface area contributed by atoms with Crippen molar-refractivity contribution >= 4 is 5.82 Å². The average molecular weight is 235 g/mol. The van der Waals surface area contributed by atoms with E-state index in [1.807, 2.05) is 18.3 Å². The molecule has 1 aromatic heterocycles. The normalized spacial score (nSPS) is 19.1. The zero-order chi connectivity index (χ0) is 12.3. The van der Waals surface area contributed by atoms with E-state index in [-0.39, 0.29) is 0 Å². The van der Waals surface area contributed by atoms with Crippen molar-refractivity contribution in [3.63, 3.8) is 0 Å². The van der Waals surface area contributed by atoms with E-state index in [4.69, 9.17) is 10.5 Å². The van der Waals surface area contributed by atoms with Gasteiger partial charge in [0.1, 0.15) is 0 Å². The quantitative estimate of drug-likeness (QED) is 0.865. The Kier molecular flexibility index (Phi) is 3.84. The third-order valence-electron chi connectivity index (χ3n) is 3.55. The lowest BCUT2D eigenvalue weighted by Gasteiger charge is -2.34. The summed E-state index contributed by atoms with van der Waals surface area (Å²) in [5, 5.41) is 0. The summed E-state index contributed by atoms with van der Waals surface area (Å²) in [6.45, 7) is 4.13. The monoisotopic (exact) mass is 235 g/mol. The van der Waals surface area contributed by atoms with Crippen molar-refractivity contribution < 1.29 is 4.74 Å². The lowest BCUT2D eigenvalue weighted by molar-refractivity contribution is 0.349. The molecule has 4 heteroatoms. The standard InChI is InChI=1S/C13H21N3O/c1-10(14)11-5-8-16(9-6-11)13-12(17-2)4-3-7-15-13/h3-4,7,10-11H,5-6,8-9,14H2,1-2H3. The van der Waals surface area contributed by atoms with Crippen LogP contribution in [0.5, 0.6) is 5.75 Å². The van der Waals surface area contributed by atoms with Gasteiger partial charge in [-0.2, -0.15) is 0 Å². The number of piperidine rings is 1. The molecular formula is C13H21N3O. The fraction of sp³-hybridized carbons (Fsp3) is 0.615. The molecule has 4 nitrogen and oxygen atoms in total. The first-order valence-corrected chi connectivity index (χ1v) is 6.22. The molecule has 1 saturated heterocycles. The molecule has 0 radical (unpaired) electrons. The number of methoxy groups -OCH3 is 1. The molecule has 1 aliphatic rings. The van der Waals surface area contributed by atoms with Crippen LogP contribution in [0.3, 0.4) is 0 Å². The second-order valence-electron chi connectivity index (χ2n) is 4.71. The van der Waals surface area contributed by atoms with Gasteiger partial charge in [0.25, 0.3) is 0 Å². The summed E-state index contributed by atoms with van der Waals surface area (Å²) in [5.41, 5.74) is 5.95. The maximum atomic E-state index is 5.95. The minimum Gasteiger partial charge on any atom is -0.493 e. The highest BCUT2D eigenvalue weighted by Crippen LogP contribution is 2.29. The van der Waals surface area contributed by atoms with E-state index in [0.29, 0.717) is 12.0 Å². The maximum absolute atomic E-state index is 5.95. The Morgan fingerprint density at radius 1 is 1.47 bits per heavy atom. The molecule has 0 saturated carbocycles. The van der Waals surface area contributed by atoms with Gasteiger partial charge in [-0.1, -0.05) is 0 Å². The first kappa shape index (κ1) is 12.2. The van der Waals surface area contributed by atoms with Gasteiger partial charge in [-0.05, 0) is 37.8 Å². The lowest BCUT2D eigenvalue weighted by atomic mass is 9.91. The van der Waals surface area contributed by atoms with E-state index < -0.39 is 0 Å². The number of aromatic nitrogens is 1. The van der Waals surface area contributed by atoms with Crippen LogP contribution in [0.4, 0.5) is 5.82 Å². The Morgan fingerprint density at radius 2 is 2.18 bits per heavy atom. The Hall–Kier alpha value is -1.29. The summed E-state index contributed by atoms with van der Waals surface area (Å²) < 4.78 is 5.34. The van der Waals surface area contributed by atoms with E-state index in [1.165, 1.54) is 0 Å². The molecule has 2 rings (SSSR count). The number of pyridine rings is 1. The summed E-state index contributed by atoms with van der Waals surface area (Å²) in [4.78, 5) is 6.70. The highest BCUT2D eigenvalue weighted by atomic mass is 16.5.